The molecule has 1 unspecified atom stereocenters. The van der Waals surface area contributed by atoms with Gasteiger partial charge in [-0.1, -0.05) is 19.1 Å². The van der Waals surface area contributed by atoms with Gasteiger partial charge in [-0.15, -0.1) is 0 Å². The van der Waals surface area contributed by atoms with E-state index in [-0.39, 0.29) is 24.3 Å². The molecular formula is C16H18F3NO3. The Labute approximate surface area is 131 Å². The van der Waals surface area contributed by atoms with Crippen molar-refractivity contribution < 1.29 is 27.9 Å². The highest BCUT2D eigenvalue weighted by molar-refractivity contribution is 5.83. The molecule has 1 aliphatic carbocycles. The lowest BCUT2D eigenvalue weighted by molar-refractivity contribution is -0.146. The maximum absolute atomic E-state index is 12.5. The van der Waals surface area contributed by atoms with Crippen LogP contribution >= 0.6 is 0 Å². The second-order valence-electron chi connectivity index (χ2n) is 5.91. The predicted molar refractivity (Wildman–Crippen MR) is 76.4 cm³/mol. The van der Waals surface area contributed by atoms with Crippen LogP contribution in [-0.4, -0.2) is 28.4 Å². The Morgan fingerprint density at radius 3 is 2.26 bits per heavy atom. The molecule has 1 aromatic carbocycles. The Morgan fingerprint density at radius 2 is 1.83 bits per heavy atom. The summed E-state index contributed by atoms with van der Waals surface area (Å²) in [6.45, 7) is 1.29. The highest BCUT2D eigenvalue weighted by Crippen LogP contribution is 2.37. The molecule has 0 spiro atoms. The molecule has 7 heteroatoms. The largest absolute Gasteiger partial charge is 0.480 e. The lowest BCUT2D eigenvalue weighted by atomic mass is 10.0. The summed E-state index contributed by atoms with van der Waals surface area (Å²) < 4.78 is 37.6. The fourth-order valence-corrected chi connectivity index (χ4v) is 2.48. The van der Waals surface area contributed by atoms with Crippen molar-refractivity contribution in [1.29, 1.82) is 0 Å². The zero-order chi connectivity index (χ0) is 17.2. The van der Waals surface area contributed by atoms with Gasteiger partial charge in [0.25, 0.3) is 0 Å². The normalized spacial score (nSPS) is 16.0. The third kappa shape index (κ3) is 4.71. The van der Waals surface area contributed by atoms with Crippen LogP contribution in [0.3, 0.4) is 0 Å². The zero-order valence-corrected chi connectivity index (χ0v) is 12.6. The quantitative estimate of drug-likeness (QED) is 0.872. The summed E-state index contributed by atoms with van der Waals surface area (Å²) in [6.07, 6.45) is -2.52. The van der Waals surface area contributed by atoms with Gasteiger partial charge in [0, 0.05) is 12.5 Å². The fourth-order valence-electron chi connectivity index (χ4n) is 2.48. The van der Waals surface area contributed by atoms with Gasteiger partial charge in [0.05, 0.1) is 5.56 Å². The van der Waals surface area contributed by atoms with Crippen LogP contribution in [0.15, 0.2) is 24.3 Å². The summed E-state index contributed by atoms with van der Waals surface area (Å²) in [6, 6.07) is 4.41. The number of amides is 1. The monoisotopic (exact) mass is 329 g/mol. The molecule has 0 bridgehead atoms. The van der Waals surface area contributed by atoms with Gasteiger partial charge in [-0.05, 0) is 36.5 Å². The number of rotatable bonds is 6. The molecule has 1 amide bonds. The number of aliphatic carboxylic acids is 1. The summed E-state index contributed by atoms with van der Waals surface area (Å²) in [7, 11) is 0. The predicted octanol–water partition coefficient (Wildman–Crippen LogP) is 3.16. The van der Waals surface area contributed by atoms with Crippen molar-refractivity contribution >= 4 is 11.9 Å². The first-order chi connectivity index (χ1) is 10.7. The van der Waals surface area contributed by atoms with Gasteiger partial charge in [0.1, 0.15) is 6.54 Å². The molecule has 0 aromatic heterocycles. The van der Waals surface area contributed by atoms with E-state index < -0.39 is 24.3 Å². The van der Waals surface area contributed by atoms with Crippen LogP contribution < -0.4 is 0 Å². The summed E-state index contributed by atoms with van der Waals surface area (Å²) in [5.74, 6) is -1.39. The van der Waals surface area contributed by atoms with Crippen LogP contribution in [0.2, 0.25) is 0 Å². The number of carboxylic acid groups (broad SMARTS) is 1. The van der Waals surface area contributed by atoms with Gasteiger partial charge in [-0.25, -0.2) is 0 Å². The van der Waals surface area contributed by atoms with E-state index in [2.05, 4.69) is 0 Å². The van der Waals surface area contributed by atoms with Crippen LogP contribution in [0.5, 0.6) is 0 Å². The smallest absolute Gasteiger partial charge is 0.416 e. The molecule has 1 N–H and O–H groups in total. The van der Waals surface area contributed by atoms with Gasteiger partial charge < -0.3 is 10.0 Å². The Hall–Kier alpha value is -2.05. The Bertz CT molecular complexity index is 579. The average molecular weight is 329 g/mol. The first-order valence-electron chi connectivity index (χ1n) is 7.35. The van der Waals surface area contributed by atoms with E-state index in [1.807, 2.05) is 0 Å². The highest BCUT2D eigenvalue weighted by Gasteiger charge is 2.35. The molecule has 126 valence electrons. The molecule has 23 heavy (non-hydrogen) atoms. The highest BCUT2D eigenvalue weighted by atomic mass is 19.4. The molecule has 0 saturated heterocycles. The first kappa shape index (κ1) is 17.3. The average Bonchev–Trinajstić information content (AvgIpc) is 3.28. The van der Waals surface area contributed by atoms with Crippen LogP contribution in [0.25, 0.3) is 0 Å². The molecular weight excluding hydrogens is 311 g/mol. The Kier molecular flexibility index (Phi) is 4.97. The molecule has 4 nitrogen and oxygen atoms in total. The van der Waals surface area contributed by atoms with Crippen LogP contribution in [0.1, 0.15) is 30.9 Å². The number of alkyl halides is 3. The standard InChI is InChI=1S/C16H18F3NO3/c1-10(12-4-5-12)15(23)20(9-14(21)22)8-11-2-6-13(7-3-11)16(17,18)19/h2-3,6-7,10,12H,4-5,8-9H2,1H3,(H,21,22). The number of carbonyl (C=O) groups is 2. The van der Waals surface area contributed by atoms with Crippen molar-refractivity contribution in [3.05, 3.63) is 35.4 Å². The number of hydrogen-bond acceptors (Lipinski definition) is 2. The lowest BCUT2D eigenvalue weighted by Crippen LogP contribution is -2.39. The van der Waals surface area contributed by atoms with Crippen molar-refractivity contribution in [3.8, 4) is 0 Å². The maximum atomic E-state index is 12.5. The van der Waals surface area contributed by atoms with Gasteiger partial charge in [-0.2, -0.15) is 13.2 Å². The van der Waals surface area contributed by atoms with Gasteiger partial charge in [0.15, 0.2) is 0 Å². The molecule has 1 aliphatic rings. The van der Waals surface area contributed by atoms with Crippen LogP contribution in [-0.2, 0) is 22.3 Å². The summed E-state index contributed by atoms with van der Waals surface area (Å²) >= 11 is 0. The van der Waals surface area contributed by atoms with E-state index >= 15 is 0 Å². The minimum Gasteiger partial charge on any atom is -0.480 e. The lowest BCUT2D eigenvalue weighted by Gasteiger charge is -2.24. The van der Waals surface area contributed by atoms with E-state index in [1.165, 1.54) is 17.0 Å². The molecule has 1 atom stereocenters. The number of hydrogen-bond donors (Lipinski definition) is 1. The molecule has 1 fully saturated rings. The number of carbonyl (C=O) groups excluding carboxylic acids is 1. The molecule has 1 saturated carbocycles. The van der Waals surface area contributed by atoms with Crippen molar-refractivity contribution in [2.75, 3.05) is 6.54 Å². The number of nitrogens with zero attached hydrogens (tertiary/aromatic N) is 1. The topological polar surface area (TPSA) is 57.6 Å². The van der Waals surface area contributed by atoms with E-state index in [4.69, 9.17) is 5.11 Å². The molecule has 0 heterocycles. The molecule has 0 radical (unpaired) electrons. The van der Waals surface area contributed by atoms with Crippen LogP contribution in [0.4, 0.5) is 13.2 Å². The summed E-state index contributed by atoms with van der Waals surface area (Å²) in [5.41, 5.74) is -0.306. The van der Waals surface area contributed by atoms with Crippen molar-refractivity contribution in [3.63, 3.8) is 0 Å². The third-order valence-corrected chi connectivity index (χ3v) is 4.01. The zero-order valence-electron chi connectivity index (χ0n) is 12.6. The minimum absolute atomic E-state index is 0.0136. The van der Waals surface area contributed by atoms with Crippen molar-refractivity contribution in [2.45, 2.75) is 32.5 Å². The summed E-state index contributed by atoms with van der Waals surface area (Å²) in [4.78, 5) is 24.5. The third-order valence-electron chi connectivity index (χ3n) is 4.01. The SMILES string of the molecule is CC(C(=O)N(CC(=O)O)Cc1ccc(C(F)(F)F)cc1)C1CC1. The van der Waals surface area contributed by atoms with Gasteiger partial charge in [0.2, 0.25) is 5.91 Å². The number of carboxylic acids is 1. The maximum Gasteiger partial charge on any atom is 0.416 e. The number of benzene rings is 1. The van der Waals surface area contributed by atoms with Crippen molar-refractivity contribution in [2.24, 2.45) is 11.8 Å². The Morgan fingerprint density at radius 1 is 1.26 bits per heavy atom. The van der Waals surface area contributed by atoms with E-state index in [1.54, 1.807) is 6.92 Å². The van der Waals surface area contributed by atoms with E-state index in [0.717, 1.165) is 25.0 Å². The molecule has 0 aliphatic heterocycles. The van der Waals surface area contributed by atoms with Crippen LogP contribution in [0, 0.1) is 11.8 Å². The summed E-state index contributed by atoms with van der Waals surface area (Å²) in [5, 5.41) is 8.95. The molecule has 1 aromatic rings. The van der Waals surface area contributed by atoms with Gasteiger partial charge in [-0.3, -0.25) is 9.59 Å². The van der Waals surface area contributed by atoms with Crippen molar-refractivity contribution in [1.82, 2.24) is 4.90 Å². The minimum atomic E-state index is -4.42. The molecule has 2 rings (SSSR count). The second kappa shape index (κ2) is 6.60. The van der Waals surface area contributed by atoms with E-state index in [0.29, 0.717) is 5.56 Å². The first-order valence-corrected chi connectivity index (χ1v) is 7.35. The Balaban J connectivity index is 2.10. The van der Waals surface area contributed by atoms with Gasteiger partial charge >= 0.3 is 12.1 Å². The number of halogens is 3. The second-order valence-corrected chi connectivity index (χ2v) is 5.91. The van der Waals surface area contributed by atoms with E-state index in [9.17, 15) is 22.8 Å². The fraction of sp³-hybridized carbons (Fsp3) is 0.500.